The maximum absolute atomic E-state index is 5.99. The zero-order valence-electron chi connectivity index (χ0n) is 11.3. The van der Waals surface area contributed by atoms with Crippen molar-refractivity contribution in [2.75, 3.05) is 13.1 Å². The maximum atomic E-state index is 5.99. The van der Waals surface area contributed by atoms with Gasteiger partial charge in [-0.25, -0.2) is 4.68 Å². The van der Waals surface area contributed by atoms with Crippen LogP contribution in [0.1, 0.15) is 19.3 Å². The van der Waals surface area contributed by atoms with Gasteiger partial charge in [-0.05, 0) is 44.0 Å². The van der Waals surface area contributed by atoms with Crippen LogP contribution >= 0.6 is 11.6 Å². The number of hydrogen-bond acceptors (Lipinski definition) is 3. The number of nitrogens with zero attached hydrogens (tertiary/aromatic N) is 2. The summed E-state index contributed by atoms with van der Waals surface area (Å²) >= 11 is 5.99. The monoisotopic (exact) mass is 291 g/mol. The van der Waals surface area contributed by atoms with Gasteiger partial charge in [0.1, 0.15) is 6.10 Å². The maximum Gasteiger partial charge on any atom is 0.158 e. The topological polar surface area (TPSA) is 39.1 Å². The lowest BCUT2D eigenvalue weighted by Gasteiger charge is -2.15. The Morgan fingerprint density at radius 2 is 2.30 bits per heavy atom. The Balaban J connectivity index is 1.70. The van der Waals surface area contributed by atoms with Crippen LogP contribution in [0.2, 0.25) is 5.02 Å². The molecule has 4 nitrogen and oxygen atoms in total. The van der Waals surface area contributed by atoms with E-state index in [4.69, 9.17) is 16.3 Å². The van der Waals surface area contributed by atoms with Crippen LogP contribution in [0.5, 0.6) is 5.75 Å². The van der Waals surface area contributed by atoms with Crippen molar-refractivity contribution < 1.29 is 4.74 Å². The molecule has 0 spiro atoms. The predicted octanol–water partition coefficient (Wildman–Crippen LogP) is 3.05. The predicted molar refractivity (Wildman–Crippen MR) is 79.7 cm³/mol. The SMILES string of the molecule is Clc1cccc(-n2cc(OC3CCCCNC3)cn2)c1. The smallest absolute Gasteiger partial charge is 0.158 e. The number of nitrogens with one attached hydrogen (secondary N) is 1. The van der Waals surface area contributed by atoms with Crippen molar-refractivity contribution in [3.8, 4) is 11.4 Å². The van der Waals surface area contributed by atoms with Crippen LogP contribution in [0.3, 0.4) is 0 Å². The van der Waals surface area contributed by atoms with Crippen LogP contribution in [0, 0.1) is 0 Å². The average Bonchev–Trinajstić information content (AvgIpc) is 2.75. The highest BCUT2D eigenvalue weighted by Crippen LogP contribution is 2.19. The van der Waals surface area contributed by atoms with Gasteiger partial charge in [0.25, 0.3) is 0 Å². The molecule has 1 saturated heterocycles. The Hall–Kier alpha value is -1.52. The molecule has 1 fully saturated rings. The summed E-state index contributed by atoms with van der Waals surface area (Å²) in [6.45, 7) is 1.99. The minimum Gasteiger partial charge on any atom is -0.486 e. The summed E-state index contributed by atoms with van der Waals surface area (Å²) in [5.74, 6) is 0.804. The Morgan fingerprint density at radius 1 is 1.35 bits per heavy atom. The molecule has 0 amide bonds. The Labute approximate surface area is 123 Å². The molecule has 0 radical (unpaired) electrons. The van der Waals surface area contributed by atoms with Crippen molar-refractivity contribution in [3.05, 3.63) is 41.7 Å². The summed E-state index contributed by atoms with van der Waals surface area (Å²) in [5, 5.41) is 8.43. The third-order valence-electron chi connectivity index (χ3n) is 3.44. The second-order valence-electron chi connectivity index (χ2n) is 5.04. The van der Waals surface area contributed by atoms with Crippen LogP contribution in [0.15, 0.2) is 36.7 Å². The van der Waals surface area contributed by atoms with E-state index < -0.39 is 0 Å². The van der Waals surface area contributed by atoms with Gasteiger partial charge in [-0.3, -0.25) is 0 Å². The van der Waals surface area contributed by atoms with Gasteiger partial charge in [0.05, 0.1) is 18.1 Å². The van der Waals surface area contributed by atoms with Crippen molar-refractivity contribution in [3.63, 3.8) is 0 Å². The van der Waals surface area contributed by atoms with Gasteiger partial charge in [-0.2, -0.15) is 5.10 Å². The molecule has 2 heterocycles. The molecule has 1 aromatic carbocycles. The van der Waals surface area contributed by atoms with Crippen LogP contribution in [-0.2, 0) is 0 Å². The number of ether oxygens (including phenoxy) is 1. The Morgan fingerprint density at radius 3 is 3.20 bits per heavy atom. The number of hydrogen-bond donors (Lipinski definition) is 1. The molecule has 1 aliphatic rings. The Bertz CT molecular complexity index is 562. The van der Waals surface area contributed by atoms with Gasteiger partial charge < -0.3 is 10.1 Å². The fourth-order valence-electron chi connectivity index (χ4n) is 2.41. The summed E-state index contributed by atoms with van der Waals surface area (Å²) < 4.78 is 7.77. The fourth-order valence-corrected chi connectivity index (χ4v) is 2.59. The van der Waals surface area contributed by atoms with E-state index in [1.165, 1.54) is 12.8 Å². The highest BCUT2D eigenvalue weighted by atomic mass is 35.5. The summed E-state index contributed by atoms with van der Waals surface area (Å²) in [4.78, 5) is 0. The molecule has 106 valence electrons. The van der Waals surface area contributed by atoms with Gasteiger partial charge in [0.2, 0.25) is 0 Å². The zero-order valence-corrected chi connectivity index (χ0v) is 12.0. The molecule has 3 rings (SSSR count). The highest BCUT2D eigenvalue weighted by molar-refractivity contribution is 6.30. The van der Waals surface area contributed by atoms with E-state index >= 15 is 0 Å². The Kier molecular flexibility index (Phi) is 4.23. The van der Waals surface area contributed by atoms with Crippen molar-refractivity contribution in [1.29, 1.82) is 0 Å². The van der Waals surface area contributed by atoms with Crippen LogP contribution in [0.25, 0.3) is 5.69 Å². The number of benzene rings is 1. The third kappa shape index (κ3) is 3.32. The third-order valence-corrected chi connectivity index (χ3v) is 3.67. The van der Waals surface area contributed by atoms with E-state index in [2.05, 4.69) is 10.4 Å². The van der Waals surface area contributed by atoms with Crippen molar-refractivity contribution in [1.82, 2.24) is 15.1 Å². The van der Waals surface area contributed by atoms with E-state index in [9.17, 15) is 0 Å². The largest absolute Gasteiger partial charge is 0.486 e. The number of halogens is 1. The van der Waals surface area contributed by atoms with Gasteiger partial charge in [-0.15, -0.1) is 0 Å². The molecule has 1 aromatic heterocycles. The fraction of sp³-hybridized carbons (Fsp3) is 0.400. The first-order chi connectivity index (χ1) is 9.81. The summed E-state index contributed by atoms with van der Waals surface area (Å²) in [5.41, 5.74) is 0.936. The molecule has 0 saturated carbocycles. The molecule has 0 bridgehead atoms. The lowest BCUT2D eigenvalue weighted by atomic mass is 10.2. The van der Waals surface area contributed by atoms with Gasteiger partial charge in [0.15, 0.2) is 5.75 Å². The average molecular weight is 292 g/mol. The summed E-state index contributed by atoms with van der Waals surface area (Å²) in [7, 11) is 0. The standard InChI is InChI=1S/C15H18ClN3O/c16-12-4-3-5-13(8-12)19-11-15(10-18-19)20-14-6-1-2-7-17-9-14/h3-5,8,10-11,14,17H,1-2,6-7,9H2. The summed E-state index contributed by atoms with van der Waals surface area (Å²) in [6.07, 6.45) is 7.41. The molecular formula is C15H18ClN3O. The van der Waals surface area contributed by atoms with E-state index in [1.807, 2.05) is 30.5 Å². The molecule has 1 aliphatic heterocycles. The molecule has 1 N–H and O–H groups in total. The van der Waals surface area contributed by atoms with Crippen molar-refractivity contribution in [2.24, 2.45) is 0 Å². The second-order valence-corrected chi connectivity index (χ2v) is 5.48. The van der Waals surface area contributed by atoms with Gasteiger partial charge in [-0.1, -0.05) is 17.7 Å². The molecule has 20 heavy (non-hydrogen) atoms. The highest BCUT2D eigenvalue weighted by Gasteiger charge is 2.14. The molecular weight excluding hydrogens is 274 g/mol. The number of rotatable bonds is 3. The van der Waals surface area contributed by atoms with Crippen LogP contribution in [0.4, 0.5) is 0 Å². The van der Waals surface area contributed by atoms with E-state index in [-0.39, 0.29) is 6.10 Å². The normalized spacial score (nSPS) is 19.6. The zero-order chi connectivity index (χ0) is 13.8. The minimum absolute atomic E-state index is 0.231. The molecule has 0 aliphatic carbocycles. The van der Waals surface area contributed by atoms with Crippen LogP contribution < -0.4 is 10.1 Å². The first kappa shape index (κ1) is 13.5. The van der Waals surface area contributed by atoms with E-state index in [0.29, 0.717) is 5.02 Å². The van der Waals surface area contributed by atoms with E-state index in [1.54, 1.807) is 10.9 Å². The van der Waals surface area contributed by atoms with Gasteiger partial charge in [0, 0.05) is 11.6 Å². The quantitative estimate of drug-likeness (QED) is 0.945. The molecule has 2 aromatic rings. The van der Waals surface area contributed by atoms with Crippen LogP contribution in [-0.4, -0.2) is 29.0 Å². The molecule has 5 heteroatoms. The van der Waals surface area contributed by atoms with E-state index in [0.717, 1.165) is 30.9 Å². The van der Waals surface area contributed by atoms with Crippen molar-refractivity contribution >= 4 is 11.6 Å². The molecule has 1 atom stereocenters. The number of aromatic nitrogens is 2. The van der Waals surface area contributed by atoms with Crippen molar-refractivity contribution in [2.45, 2.75) is 25.4 Å². The summed E-state index contributed by atoms with van der Waals surface area (Å²) in [6, 6.07) is 7.61. The first-order valence-electron chi connectivity index (χ1n) is 6.99. The van der Waals surface area contributed by atoms with Gasteiger partial charge >= 0.3 is 0 Å². The minimum atomic E-state index is 0.231. The molecule has 1 unspecified atom stereocenters. The lowest BCUT2D eigenvalue weighted by molar-refractivity contribution is 0.194. The lowest BCUT2D eigenvalue weighted by Crippen LogP contribution is -2.29. The first-order valence-corrected chi connectivity index (χ1v) is 7.37. The second kappa shape index (κ2) is 6.29.